The number of hydrogen-bond acceptors (Lipinski definition) is 6. The molecule has 39 heavy (non-hydrogen) atoms. The fourth-order valence-corrected chi connectivity index (χ4v) is 6.08. The molecule has 4 heterocycles. The largest absolute Gasteiger partial charge is 0.493 e. The second-order valence-electron chi connectivity index (χ2n) is 11.5. The van der Waals surface area contributed by atoms with Crippen molar-refractivity contribution < 1.29 is 13.9 Å². The highest BCUT2D eigenvalue weighted by atomic mass is 19.1. The van der Waals surface area contributed by atoms with Gasteiger partial charge in [0.1, 0.15) is 24.2 Å². The number of rotatable bonds is 7. The number of aliphatic imine (C=N–C) groups is 1. The highest BCUT2D eigenvalue weighted by molar-refractivity contribution is 5.95. The molecule has 1 N–H and O–H groups in total. The number of dihydropyridines is 1. The van der Waals surface area contributed by atoms with Gasteiger partial charge >= 0.3 is 0 Å². The van der Waals surface area contributed by atoms with Crippen molar-refractivity contribution in [3.8, 4) is 0 Å². The number of halogens is 1. The minimum atomic E-state index is -0.171. The van der Waals surface area contributed by atoms with E-state index in [1.165, 1.54) is 51.6 Å². The summed E-state index contributed by atoms with van der Waals surface area (Å²) in [4.78, 5) is 24.1. The summed E-state index contributed by atoms with van der Waals surface area (Å²) in [5, 5.41) is 3.41. The maximum absolute atomic E-state index is 13.1. The molecule has 0 spiro atoms. The molecule has 0 aromatic carbocycles. The van der Waals surface area contributed by atoms with E-state index in [0.29, 0.717) is 25.6 Å². The van der Waals surface area contributed by atoms with Crippen LogP contribution in [0.25, 0.3) is 0 Å². The van der Waals surface area contributed by atoms with Gasteiger partial charge in [0.25, 0.3) is 0 Å². The van der Waals surface area contributed by atoms with Crippen LogP contribution in [-0.4, -0.2) is 104 Å². The van der Waals surface area contributed by atoms with Gasteiger partial charge in [-0.25, -0.2) is 4.39 Å². The molecule has 3 unspecified atom stereocenters. The first-order valence-corrected chi connectivity index (χ1v) is 15.0. The van der Waals surface area contributed by atoms with E-state index in [-0.39, 0.29) is 29.7 Å². The number of allylic oxidation sites excluding steroid dienone is 5. The van der Waals surface area contributed by atoms with Crippen LogP contribution in [0.2, 0.25) is 0 Å². The van der Waals surface area contributed by atoms with E-state index in [1.54, 1.807) is 6.08 Å². The molecule has 7 nitrogen and oxygen atoms in total. The SMILES string of the molecule is CC1=CC2N=CC(CC3C=CC(F)=CC3)=C3OCCN(C1=O)C32.CCNCCN1CCCN(C(C)C)CCC1. The van der Waals surface area contributed by atoms with Crippen LogP contribution in [0.3, 0.4) is 0 Å². The van der Waals surface area contributed by atoms with Crippen LogP contribution in [0, 0.1) is 5.92 Å². The molecule has 1 amide bonds. The Hall–Kier alpha value is -2.29. The molecular formula is C31H48FN5O2. The Labute approximate surface area is 234 Å². The van der Waals surface area contributed by atoms with Gasteiger partial charge in [-0.2, -0.15) is 0 Å². The number of carbonyl (C=O) groups excluding carboxylic acids is 1. The van der Waals surface area contributed by atoms with Crippen LogP contribution in [0.15, 0.2) is 52.0 Å². The predicted octanol–water partition coefficient (Wildman–Crippen LogP) is 4.10. The third-order valence-electron chi connectivity index (χ3n) is 8.31. The van der Waals surface area contributed by atoms with Crippen LogP contribution in [0.4, 0.5) is 4.39 Å². The van der Waals surface area contributed by atoms with Crippen LogP contribution in [0.1, 0.15) is 53.4 Å². The van der Waals surface area contributed by atoms with Crippen molar-refractivity contribution in [2.45, 2.75) is 71.5 Å². The summed E-state index contributed by atoms with van der Waals surface area (Å²) in [7, 11) is 0. The van der Waals surface area contributed by atoms with Crippen LogP contribution >= 0.6 is 0 Å². The summed E-state index contributed by atoms with van der Waals surface area (Å²) in [6.45, 7) is 18.3. The summed E-state index contributed by atoms with van der Waals surface area (Å²) >= 11 is 0. The molecule has 0 saturated carbocycles. The minimum Gasteiger partial charge on any atom is -0.493 e. The molecule has 0 aromatic rings. The second kappa shape index (κ2) is 14.4. The first kappa shape index (κ1) is 29.7. The van der Waals surface area contributed by atoms with Crippen molar-refractivity contribution in [3.63, 3.8) is 0 Å². The Morgan fingerprint density at radius 1 is 1.18 bits per heavy atom. The van der Waals surface area contributed by atoms with Gasteiger partial charge < -0.3 is 24.8 Å². The van der Waals surface area contributed by atoms with E-state index in [9.17, 15) is 9.18 Å². The zero-order chi connectivity index (χ0) is 27.8. The number of amides is 1. The number of likely N-dealkylation sites (N-methyl/N-ethyl adjacent to an activating group) is 1. The van der Waals surface area contributed by atoms with Crippen molar-refractivity contribution in [1.29, 1.82) is 0 Å². The summed E-state index contributed by atoms with van der Waals surface area (Å²) in [6.07, 6.45) is 12.9. The molecule has 8 heteroatoms. The normalized spacial score (nSPS) is 27.7. The van der Waals surface area contributed by atoms with E-state index < -0.39 is 0 Å². The molecule has 0 aromatic heterocycles. The Morgan fingerprint density at radius 2 is 1.95 bits per heavy atom. The third kappa shape index (κ3) is 7.89. The molecule has 2 fully saturated rings. The number of morpholine rings is 1. The van der Waals surface area contributed by atoms with Gasteiger partial charge in [0, 0.05) is 36.5 Å². The van der Waals surface area contributed by atoms with Crippen molar-refractivity contribution in [2.24, 2.45) is 10.9 Å². The smallest absolute Gasteiger partial charge is 0.250 e. The van der Waals surface area contributed by atoms with Gasteiger partial charge in [0.15, 0.2) is 0 Å². The molecule has 0 radical (unpaired) electrons. The molecule has 5 aliphatic rings. The van der Waals surface area contributed by atoms with Gasteiger partial charge in [-0.3, -0.25) is 9.79 Å². The van der Waals surface area contributed by atoms with E-state index in [0.717, 1.165) is 36.4 Å². The van der Waals surface area contributed by atoms with Crippen molar-refractivity contribution >= 4 is 12.1 Å². The van der Waals surface area contributed by atoms with Crippen LogP contribution in [-0.2, 0) is 9.53 Å². The number of nitrogens with one attached hydrogen (secondary N) is 1. The van der Waals surface area contributed by atoms with Gasteiger partial charge in [-0.1, -0.05) is 13.0 Å². The molecule has 0 bridgehead atoms. The lowest BCUT2D eigenvalue weighted by Crippen LogP contribution is -2.56. The summed E-state index contributed by atoms with van der Waals surface area (Å²) in [5.41, 5.74) is 1.78. The quantitative estimate of drug-likeness (QED) is 0.492. The lowest BCUT2D eigenvalue weighted by atomic mass is 9.86. The highest BCUT2D eigenvalue weighted by Gasteiger charge is 2.43. The molecule has 1 aliphatic carbocycles. The average Bonchev–Trinajstić information content (AvgIpc) is 2.91. The fraction of sp³-hybridized carbons (Fsp3) is 0.677. The number of carbonyl (C=O) groups is 1. The predicted molar refractivity (Wildman–Crippen MR) is 156 cm³/mol. The van der Waals surface area contributed by atoms with Gasteiger partial charge in [0.05, 0.1) is 12.6 Å². The topological polar surface area (TPSA) is 60.4 Å². The molecule has 2 saturated heterocycles. The molecule has 5 rings (SSSR count). The second-order valence-corrected chi connectivity index (χ2v) is 11.5. The lowest BCUT2D eigenvalue weighted by molar-refractivity contribution is -0.133. The lowest BCUT2D eigenvalue weighted by Gasteiger charge is -2.44. The molecule has 4 aliphatic heterocycles. The van der Waals surface area contributed by atoms with Crippen molar-refractivity contribution in [2.75, 3.05) is 59.0 Å². The zero-order valence-electron chi connectivity index (χ0n) is 24.4. The third-order valence-corrected chi connectivity index (χ3v) is 8.31. The van der Waals surface area contributed by atoms with E-state index in [2.05, 4.69) is 40.9 Å². The summed E-state index contributed by atoms with van der Waals surface area (Å²) < 4.78 is 19.0. The maximum Gasteiger partial charge on any atom is 0.250 e. The summed E-state index contributed by atoms with van der Waals surface area (Å²) in [5.74, 6) is 1.02. The van der Waals surface area contributed by atoms with E-state index in [4.69, 9.17) is 4.74 Å². The molecule has 3 atom stereocenters. The van der Waals surface area contributed by atoms with Crippen molar-refractivity contribution in [1.82, 2.24) is 20.0 Å². The number of nitrogens with zero attached hydrogens (tertiary/aromatic N) is 4. The Bertz CT molecular complexity index is 991. The number of ether oxygens (including phenoxy) is 1. The fourth-order valence-electron chi connectivity index (χ4n) is 6.08. The molecule has 216 valence electrons. The standard InChI is InChI=1S/C18H19FN2O2.C13H29N3/c1-11-8-15-16-17(23-7-6-21(16)18(11)22)13(10-20-15)9-12-2-4-14(19)5-3-12;1-4-14-7-12-15-8-5-10-16(13(2)3)11-6-9-15/h2,4-5,8,10,12,15-16H,3,6-7,9H2,1H3;13-14H,4-12H2,1-3H3. The average molecular weight is 542 g/mol. The van der Waals surface area contributed by atoms with Gasteiger partial charge in [-0.15, -0.1) is 0 Å². The monoisotopic (exact) mass is 541 g/mol. The Kier molecular flexibility index (Phi) is 10.9. The minimum absolute atomic E-state index is 0.0500. The first-order chi connectivity index (χ1) is 18.9. The molecular weight excluding hydrogens is 493 g/mol. The number of hydrogen-bond donors (Lipinski definition) is 1. The van der Waals surface area contributed by atoms with Crippen molar-refractivity contribution in [3.05, 3.63) is 47.0 Å². The van der Waals surface area contributed by atoms with Gasteiger partial charge in [0.2, 0.25) is 5.91 Å². The Balaban J connectivity index is 0.000000195. The van der Waals surface area contributed by atoms with Gasteiger partial charge in [-0.05, 0) is 103 Å². The van der Waals surface area contributed by atoms with E-state index >= 15 is 0 Å². The van der Waals surface area contributed by atoms with E-state index in [1.807, 2.05) is 30.2 Å². The highest BCUT2D eigenvalue weighted by Crippen LogP contribution is 2.36. The maximum atomic E-state index is 13.1. The zero-order valence-corrected chi connectivity index (χ0v) is 24.4. The van der Waals surface area contributed by atoms with Crippen LogP contribution in [0.5, 0.6) is 0 Å². The van der Waals surface area contributed by atoms with Crippen LogP contribution < -0.4 is 5.32 Å². The first-order valence-electron chi connectivity index (χ1n) is 15.0. The Morgan fingerprint density at radius 3 is 2.62 bits per heavy atom. The summed E-state index contributed by atoms with van der Waals surface area (Å²) in [6, 6.07) is 0.555.